The van der Waals surface area contributed by atoms with E-state index in [0.29, 0.717) is 32.7 Å². The lowest BCUT2D eigenvalue weighted by atomic mass is 10.1. The Morgan fingerprint density at radius 3 is 2.33 bits per heavy atom. The fraction of sp³-hybridized carbons (Fsp3) is 0.364. The summed E-state index contributed by atoms with van der Waals surface area (Å²) in [6, 6.07) is 14.7. The SMILES string of the molecule is CCc1ccc(/C=N/NC(=O)CCc2ccc(S(=O)(=O)N3CCOCC3)cc2)cc1. The quantitative estimate of drug-likeness (QED) is 0.515. The molecule has 1 heterocycles. The van der Waals surface area contributed by atoms with Crippen LogP contribution in [0.4, 0.5) is 0 Å². The highest BCUT2D eigenvalue weighted by Gasteiger charge is 2.26. The Kier molecular flexibility index (Phi) is 7.73. The van der Waals surface area contributed by atoms with Gasteiger partial charge in [-0.3, -0.25) is 4.79 Å². The summed E-state index contributed by atoms with van der Waals surface area (Å²) in [7, 11) is -3.50. The van der Waals surface area contributed by atoms with Crippen molar-refractivity contribution in [3.63, 3.8) is 0 Å². The number of carbonyl (C=O) groups is 1. The lowest BCUT2D eigenvalue weighted by Gasteiger charge is -2.26. The van der Waals surface area contributed by atoms with Crippen LogP contribution < -0.4 is 5.43 Å². The number of benzene rings is 2. The summed E-state index contributed by atoms with van der Waals surface area (Å²) < 4.78 is 31.9. The molecule has 1 aliphatic rings. The van der Waals surface area contributed by atoms with Crippen LogP contribution in [-0.2, 0) is 32.4 Å². The molecule has 0 radical (unpaired) electrons. The van der Waals surface area contributed by atoms with E-state index in [2.05, 4.69) is 17.5 Å². The molecule has 7 nitrogen and oxygen atoms in total. The summed E-state index contributed by atoms with van der Waals surface area (Å²) in [6.45, 7) is 3.67. The topological polar surface area (TPSA) is 88.1 Å². The van der Waals surface area contributed by atoms with Crippen LogP contribution in [0.5, 0.6) is 0 Å². The summed E-state index contributed by atoms with van der Waals surface area (Å²) in [5, 5.41) is 3.99. The van der Waals surface area contributed by atoms with Crippen molar-refractivity contribution >= 4 is 22.1 Å². The van der Waals surface area contributed by atoms with Crippen LogP contribution in [0.25, 0.3) is 0 Å². The van der Waals surface area contributed by atoms with Crippen LogP contribution in [0.15, 0.2) is 58.5 Å². The van der Waals surface area contributed by atoms with Gasteiger partial charge in [-0.2, -0.15) is 9.41 Å². The first-order chi connectivity index (χ1) is 14.5. The van der Waals surface area contributed by atoms with Crippen molar-refractivity contribution in [3.8, 4) is 0 Å². The van der Waals surface area contributed by atoms with E-state index in [1.54, 1.807) is 30.5 Å². The van der Waals surface area contributed by atoms with Crippen molar-refractivity contribution in [2.45, 2.75) is 31.1 Å². The molecule has 0 aromatic heterocycles. The van der Waals surface area contributed by atoms with Gasteiger partial charge in [0.15, 0.2) is 0 Å². The Morgan fingerprint density at radius 2 is 1.70 bits per heavy atom. The zero-order valence-corrected chi connectivity index (χ0v) is 17.9. The third kappa shape index (κ3) is 5.98. The molecule has 1 aliphatic heterocycles. The number of nitrogens with one attached hydrogen (secondary N) is 1. The molecule has 2 aromatic carbocycles. The van der Waals surface area contributed by atoms with Crippen molar-refractivity contribution in [2.75, 3.05) is 26.3 Å². The van der Waals surface area contributed by atoms with Gasteiger partial charge in [0, 0.05) is 19.5 Å². The number of carbonyl (C=O) groups excluding carboxylic acids is 1. The Hall–Kier alpha value is -2.55. The van der Waals surface area contributed by atoms with Gasteiger partial charge in [-0.05, 0) is 41.7 Å². The molecule has 160 valence electrons. The van der Waals surface area contributed by atoms with Gasteiger partial charge in [-0.15, -0.1) is 0 Å². The highest BCUT2D eigenvalue weighted by atomic mass is 32.2. The second-order valence-electron chi connectivity index (χ2n) is 7.05. The van der Waals surface area contributed by atoms with E-state index < -0.39 is 10.0 Å². The van der Waals surface area contributed by atoms with E-state index in [-0.39, 0.29) is 17.2 Å². The van der Waals surface area contributed by atoms with Gasteiger partial charge in [-0.25, -0.2) is 13.8 Å². The molecule has 30 heavy (non-hydrogen) atoms. The smallest absolute Gasteiger partial charge is 0.243 e. The molecule has 1 saturated heterocycles. The normalized spacial score (nSPS) is 15.4. The van der Waals surface area contributed by atoms with E-state index in [4.69, 9.17) is 4.74 Å². The Morgan fingerprint density at radius 1 is 1.07 bits per heavy atom. The van der Waals surface area contributed by atoms with Crippen LogP contribution in [0.2, 0.25) is 0 Å². The predicted molar refractivity (Wildman–Crippen MR) is 116 cm³/mol. The fourth-order valence-electron chi connectivity index (χ4n) is 3.10. The molecule has 1 fully saturated rings. The van der Waals surface area contributed by atoms with Crippen molar-refractivity contribution in [1.29, 1.82) is 0 Å². The van der Waals surface area contributed by atoms with Crippen LogP contribution in [0.3, 0.4) is 0 Å². The number of hydrogen-bond donors (Lipinski definition) is 1. The molecule has 0 bridgehead atoms. The molecule has 8 heteroatoms. The van der Waals surface area contributed by atoms with E-state index in [1.807, 2.05) is 24.3 Å². The van der Waals surface area contributed by atoms with Gasteiger partial charge >= 0.3 is 0 Å². The maximum atomic E-state index is 12.6. The first-order valence-electron chi connectivity index (χ1n) is 10.1. The van der Waals surface area contributed by atoms with Gasteiger partial charge in [0.1, 0.15) is 0 Å². The zero-order valence-electron chi connectivity index (χ0n) is 17.1. The third-order valence-corrected chi connectivity index (χ3v) is 6.88. The second-order valence-corrected chi connectivity index (χ2v) is 8.99. The van der Waals surface area contributed by atoms with E-state index >= 15 is 0 Å². The first-order valence-corrected chi connectivity index (χ1v) is 11.5. The standard InChI is InChI=1S/C22H27N3O4S/c1-2-18-3-5-20(6-4-18)17-23-24-22(26)12-9-19-7-10-21(11-8-19)30(27,28)25-13-15-29-16-14-25/h3-8,10-11,17H,2,9,12-16H2,1H3,(H,24,26)/b23-17+. The van der Waals surface area contributed by atoms with Crippen LogP contribution in [0.1, 0.15) is 30.0 Å². The minimum atomic E-state index is -3.50. The number of rotatable bonds is 8. The lowest BCUT2D eigenvalue weighted by molar-refractivity contribution is -0.121. The van der Waals surface area contributed by atoms with E-state index in [0.717, 1.165) is 17.5 Å². The first kappa shape index (κ1) is 22.1. The number of morpholine rings is 1. The molecule has 1 amide bonds. The summed E-state index contributed by atoms with van der Waals surface area (Å²) in [5.74, 6) is -0.193. The average molecular weight is 430 g/mol. The third-order valence-electron chi connectivity index (χ3n) is 4.96. The number of hydrogen-bond acceptors (Lipinski definition) is 5. The minimum Gasteiger partial charge on any atom is -0.379 e. The number of sulfonamides is 1. The molecule has 0 saturated carbocycles. The fourth-order valence-corrected chi connectivity index (χ4v) is 4.50. The number of nitrogens with zero attached hydrogens (tertiary/aromatic N) is 2. The minimum absolute atomic E-state index is 0.193. The average Bonchev–Trinajstić information content (AvgIpc) is 2.79. The molecule has 2 aromatic rings. The Balaban J connectivity index is 1.48. The molecule has 0 atom stereocenters. The summed E-state index contributed by atoms with van der Waals surface area (Å²) in [4.78, 5) is 12.3. The largest absolute Gasteiger partial charge is 0.379 e. The number of amides is 1. The van der Waals surface area contributed by atoms with Crippen LogP contribution in [-0.4, -0.2) is 51.1 Å². The molecular formula is C22H27N3O4S. The van der Waals surface area contributed by atoms with Gasteiger partial charge in [0.2, 0.25) is 15.9 Å². The van der Waals surface area contributed by atoms with Crippen LogP contribution in [0, 0.1) is 0 Å². The number of aryl methyl sites for hydroxylation is 2. The van der Waals surface area contributed by atoms with Crippen molar-refractivity contribution in [1.82, 2.24) is 9.73 Å². The van der Waals surface area contributed by atoms with Gasteiger partial charge in [0.05, 0.1) is 24.3 Å². The summed E-state index contributed by atoms with van der Waals surface area (Å²) in [5.41, 5.74) is 5.59. The Labute approximate surface area is 177 Å². The van der Waals surface area contributed by atoms with Crippen LogP contribution >= 0.6 is 0 Å². The van der Waals surface area contributed by atoms with Gasteiger partial charge in [0.25, 0.3) is 0 Å². The maximum Gasteiger partial charge on any atom is 0.243 e. The number of ether oxygens (including phenoxy) is 1. The summed E-state index contributed by atoms with van der Waals surface area (Å²) in [6.07, 6.45) is 3.36. The monoisotopic (exact) mass is 429 g/mol. The second kappa shape index (κ2) is 10.5. The molecule has 0 spiro atoms. The highest BCUT2D eigenvalue weighted by molar-refractivity contribution is 7.89. The van der Waals surface area contributed by atoms with Gasteiger partial charge < -0.3 is 4.74 Å². The maximum absolute atomic E-state index is 12.6. The number of hydrazone groups is 1. The predicted octanol–water partition coefficient (Wildman–Crippen LogP) is 2.35. The van der Waals surface area contributed by atoms with Crippen molar-refractivity contribution < 1.29 is 17.9 Å². The van der Waals surface area contributed by atoms with E-state index in [9.17, 15) is 13.2 Å². The van der Waals surface area contributed by atoms with Crippen molar-refractivity contribution in [3.05, 3.63) is 65.2 Å². The molecule has 0 aliphatic carbocycles. The molecule has 1 N–H and O–H groups in total. The van der Waals surface area contributed by atoms with Gasteiger partial charge in [-0.1, -0.05) is 43.3 Å². The molecule has 0 unspecified atom stereocenters. The molecular weight excluding hydrogens is 402 g/mol. The van der Waals surface area contributed by atoms with E-state index in [1.165, 1.54) is 9.87 Å². The lowest BCUT2D eigenvalue weighted by Crippen LogP contribution is -2.40. The zero-order chi connectivity index (χ0) is 21.4. The van der Waals surface area contributed by atoms with Crippen molar-refractivity contribution in [2.24, 2.45) is 5.10 Å². The summed E-state index contributed by atoms with van der Waals surface area (Å²) >= 11 is 0. The molecule has 3 rings (SSSR count). The Bertz CT molecular complexity index is 964. The highest BCUT2D eigenvalue weighted by Crippen LogP contribution is 2.18.